The molecule has 5 aromatic carbocycles. The van der Waals surface area contributed by atoms with Gasteiger partial charge in [-0.25, -0.2) is 0 Å². The summed E-state index contributed by atoms with van der Waals surface area (Å²) in [7, 11) is 0.576. The van der Waals surface area contributed by atoms with Gasteiger partial charge in [-0.3, -0.25) is 10.1 Å². The summed E-state index contributed by atoms with van der Waals surface area (Å²) in [5.74, 6) is 0.814. The van der Waals surface area contributed by atoms with Crippen LogP contribution in [0.3, 0.4) is 0 Å². The zero-order valence-corrected chi connectivity index (χ0v) is 36.2. The van der Waals surface area contributed by atoms with Gasteiger partial charge in [0.05, 0.1) is 20.8 Å². The molecule has 7 nitrogen and oxygen atoms in total. The lowest BCUT2D eigenvalue weighted by atomic mass is 9.94. The Morgan fingerprint density at radius 1 is 0.789 bits per heavy atom. The number of hydrogen-bond acceptors (Lipinski definition) is 7. The van der Waals surface area contributed by atoms with Crippen LogP contribution in [0, 0.1) is 0 Å². The molecule has 300 valence electrons. The second-order valence-corrected chi connectivity index (χ2v) is 21.5. The van der Waals surface area contributed by atoms with Gasteiger partial charge in [0.15, 0.2) is 0 Å². The van der Waals surface area contributed by atoms with E-state index < -0.39 is 31.7 Å². The van der Waals surface area contributed by atoms with Crippen molar-refractivity contribution in [2.45, 2.75) is 89.8 Å². The van der Waals surface area contributed by atoms with Crippen LogP contribution < -0.4 is 25.2 Å². The van der Waals surface area contributed by atoms with E-state index >= 15 is 0 Å². The number of carbonyl (C=O) groups is 1. The smallest absolute Gasteiger partial charge is 0.324 e. The third-order valence-electron chi connectivity index (χ3n) is 10.6. The van der Waals surface area contributed by atoms with Crippen LogP contribution in [0.4, 0.5) is 0 Å². The van der Waals surface area contributed by atoms with E-state index in [2.05, 4.69) is 111 Å². The number of methoxy groups -OCH3 is 2. The quantitative estimate of drug-likeness (QED) is 0.0886. The minimum Gasteiger partial charge on any atom is -0.496 e. The van der Waals surface area contributed by atoms with E-state index in [9.17, 15) is 4.79 Å². The zero-order chi connectivity index (χ0) is 40.8. The maximum atomic E-state index is 14.0. The Morgan fingerprint density at radius 2 is 1.35 bits per heavy atom. The molecule has 1 fully saturated rings. The highest BCUT2D eigenvalue weighted by atomic mass is 35.5. The van der Waals surface area contributed by atoms with Gasteiger partial charge in [-0.1, -0.05) is 129 Å². The fraction of sp³-hybridized carbons (Fsp3) is 0.354. The molecule has 5 aromatic rings. The number of ether oxygens (including phenoxy) is 4. The fourth-order valence-corrected chi connectivity index (χ4v) is 12.6. The predicted molar refractivity (Wildman–Crippen MR) is 232 cm³/mol. The molecule has 1 heterocycles. The van der Waals surface area contributed by atoms with Gasteiger partial charge >= 0.3 is 5.97 Å². The molecule has 0 saturated carbocycles. The molecule has 0 radical (unpaired) electrons. The Kier molecular flexibility index (Phi) is 13.0. The van der Waals surface area contributed by atoms with Gasteiger partial charge in [0.2, 0.25) is 0 Å². The first-order valence-corrected chi connectivity index (χ1v) is 22.0. The number of rotatable bonds is 14. The molecule has 6 rings (SSSR count). The molecular weight excluding hydrogens is 750 g/mol. The molecule has 2 atom stereocenters. The number of halogens is 1. The zero-order valence-electron chi connectivity index (χ0n) is 34.5. The monoisotopic (exact) mass is 805 g/mol. The first-order chi connectivity index (χ1) is 27.2. The van der Waals surface area contributed by atoms with Gasteiger partial charge in [0.1, 0.15) is 28.9 Å². The fourth-order valence-electron chi connectivity index (χ4n) is 7.93. The summed E-state index contributed by atoms with van der Waals surface area (Å²) in [6.07, 6.45) is 1.75. The van der Waals surface area contributed by atoms with Crippen molar-refractivity contribution >= 4 is 36.3 Å². The highest BCUT2D eigenvalue weighted by Gasteiger charge is 2.50. The van der Waals surface area contributed by atoms with Gasteiger partial charge in [-0.15, -0.1) is 0 Å². The Balaban J connectivity index is 1.29. The minimum atomic E-state index is -2.70. The largest absolute Gasteiger partial charge is 0.496 e. The number of carbonyl (C=O) groups excluding carboxylic acids is 1. The first-order valence-electron chi connectivity index (χ1n) is 19.7. The molecule has 1 N–H and O–H groups in total. The van der Waals surface area contributed by atoms with Crippen molar-refractivity contribution in [1.82, 2.24) is 5.32 Å². The van der Waals surface area contributed by atoms with Crippen molar-refractivity contribution in [1.29, 1.82) is 0 Å². The molecule has 0 aromatic heterocycles. The lowest BCUT2D eigenvalue weighted by Crippen LogP contribution is -2.66. The minimum absolute atomic E-state index is 0.122. The van der Waals surface area contributed by atoms with Crippen LogP contribution in [0.2, 0.25) is 10.1 Å². The van der Waals surface area contributed by atoms with E-state index in [4.69, 9.17) is 35.0 Å². The second-order valence-electron chi connectivity index (χ2n) is 16.7. The van der Waals surface area contributed by atoms with Gasteiger partial charge in [0, 0.05) is 23.6 Å². The number of benzene rings is 5. The average molecular weight is 807 g/mol. The van der Waals surface area contributed by atoms with Crippen molar-refractivity contribution in [3.8, 4) is 22.6 Å². The van der Waals surface area contributed by atoms with Crippen molar-refractivity contribution in [3.63, 3.8) is 0 Å². The van der Waals surface area contributed by atoms with E-state index in [1.165, 1.54) is 10.4 Å². The van der Waals surface area contributed by atoms with Crippen molar-refractivity contribution in [2.75, 3.05) is 20.8 Å². The molecule has 0 amide bonds. The van der Waals surface area contributed by atoms with E-state index in [-0.39, 0.29) is 11.5 Å². The Labute approximate surface area is 344 Å². The Bertz CT molecular complexity index is 2020. The molecule has 9 heteroatoms. The molecule has 1 unspecified atom stereocenters. The van der Waals surface area contributed by atoms with E-state index in [1.54, 1.807) is 14.2 Å². The van der Waals surface area contributed by atoms with Crippen LogP contribution in [0.1, 0.15) is 71.1 Å². The number of nitrogens with one attached hydrogen (secondary N) is 1. The number of esters is 1. The van der Waals surface area contributed by atoms with Crippen LogP contribution in [0.15, 0.2) is 121 Å². The van der Waals surface area contributed by atoms with E-state index in [1.807, 2.05) is 57.2 Å². The molecular formula is C48H56ClNO6Si. The maximum absolute atomic E-state index is 14.0. The SMILES string of the molecule is COc1cc(-c2ccc(CO[Si](c3ccccc3)(c3ccccc3)C(C)(C)C)cc2)cc(OC)c1C[C@H](NC1(c2ccc(Cl)cc2)CCCO1)C(=O)OC(C)(C)C. The summed E-state index contributed by atoms with van der Waals surface area (Å²) in [6, 6.07) is 40.6. The lowest BCUT2D eigenvalue weighted by Gasteiger charge is -2.43. The van der Waals surface area contributed by atoms with Crippen LogP contribution in [0.25, 0.3) is 11.1 Å². The second kappa shape index (κ2) is 17.6. The summed E-state index contributed by atoms with van der Waals surface area (Å²) in [5, 5.41) is 6.59. The summed E-state index contributed by atoms with van der Waals surface area (Å²) in [5.41, 5.74) is 3.04. The van der Waals surface area contributed by atoms with Crippen LogP contribution in [-0.2, 0) is 37.4 Å². The summed E-state index contributed by atoms with van der Waals surface area (Å²) >= 11 is 6.25. The number of hydrogen-bond donors (Lipinski definition) is 1. The molecule has 0 bridgehead atoms. The molecule has 0 spiro atoms. The standard InChI is InChI=1S/C48H56ClNO6Si/c1-46(2,3)56-45(51)42(50-48(28-15-29-54-48)37-24-26-38(49)27-25-37)32-41-43(52-7)30-36(31-44(41)53-8)35-22-20-34(21-23-35)33-55-57(47(4,5)6,39-16-11-9-12-17-39)40-18-13-10-14-19-40/h9-14,16-27,30-31,42,50H,15,28-29,32-33H2,1-8H3/t42-,48?/m0/s1. The lowest BCUT2D eigenvalue weighted by molar-refractivity contribution is -0.160. The van der Waals surface area contributed by atoms with Gasteiger partial charge < -0.3 is 23.4 Å². The Morgan fingerprint density at radius 3 is 1.82 bits per heavy atom. The highest BCUT2D eigenvalue weighted by molar-refractivity contribution is 6.99. The molecule has 1 saturated heterocycles. The van der Waals surface area contributed by atoms with Crippen LogP contribution >= 0.6 is 11.6 Å². The normalized spacial score (nSPS) is 16.6. The van der Waals surface area contributed by atoms with Gasteiger partial charge in [-0.2, -0.15) is 0 Å². The molecule has 1 aliphatic heterocycles. The third kappa shape index (κ3) is 9.48. The summed E-state index contributed by atoms with van der Waals surface area (Å²) < 4.78 is 31.6. The molecule has 0 aliphatic carbocycles. The van der Waals surface area contributed by atoms with Crippen molar-refractivity contribution < 1.29 is 28.2 Å². The van der Waals surface area contributed by atoms with Crippen LogP contribution in [-0.4, -0.2) is 46.8 Å². The highest BCUT2D eigenvalue weighted by Crippen LogP contribution is 2.40. The molecule has 1 aliphatic rings. The van der Waals surface area contributed by atoms with E-state index in [0.717, 1.165) is 34.2 Å². The first kappa shape index (κ1) is 42.2. The van der Waals surface area contributed by atoms with Gasteiger partial charge in [-0.05, 0) is 95.5 Å². The topological polar surface area (TPSA) is 75.3 Å². The average Bonchev–Trinajstić information content (AvgIpc) is 3.67. The molecule has 57 heavy (non-hydrogen) atoms. The predicted octanol–water partition coefficient (Wildman–Crippen LogP) is 9.61. The Hall–Kier alpha value is -4.44. The summed E-state index contributed by atoms with van der Waals surface area (Å²) in [6.45, 7) is 13.5. The van der Waals surface area contributed by atoms with Crippen molar-refractivity contribution in [2.24, 2.45) is 0 Å². The maximum Gasteiger partial charge on any atom is 0.324 e. The summed E-state index contributed by atoms with van der Waals surface area (Å²) in [4.78, 5) is 14.0. The third-order valence-corrected chi connectivity index (χ3v) is 15.8. The van der Waals surface area contributed by atoms with E-state index in [0.29, 0.717) is 36.2 Å². The van der Waals surface area contributed by atoms with Gasteiger partial charge in [0.25, 0.3) is 8.32 Å². The van der Waals surface area contributed by atoms with Crippen LogP contribution in [0.5, 0.6) is 11.5 Å². The van der Waals surface area contributed by atoms with Crippen molar-refractivity contribution in [3.05, 3.63) is 143 Å².